The number of carboxylic acids is 1. The molecule has 0 aliphatic carbocycles. The van der Waals surface area contributed by atoms with Crippen molar-refractivity contribution in [2.45, 2.75) is 44.3 Å². The Morgan fingerprint density at radius 1 is 1.19 bits per heavy atom. The van der Waals surface area contributed by atoms with E-state index in [0.717, 1.165) is 0 Å². The number of nitrogens with one attached hydrogen (secondary N) is 2. The van der Waals surface area contributed by atoms with Crippen molar-refractivity contribution in [2.24, 2.45) is 11.5 Å². The van der Waals surface area contributed by atoms with E-state index in [1.165, 1.54) is 6.92 Å². The number of amides is 2. The normalized spacial score (nSPS) is 14.9. The molecular formula is C12H24N4O4S. The van der Waals surface area contributed by atoms with Gasteiger partial charge in [0.2, 0.25) is 11.8 Å². The van der Waals surface area contributed by atoms with Crippen molar-refractivity contribution in [3.63, 3.8) is 0 Å². The number of unbranched alkanes of at least 4 members (excludes halogenated alkanes) is 1. The second-order valence-electron chi connectivity index (χ2n) is 4.70. The number of hydrogen-bond acceptors (Lipinski definition) is 6. The highest BCUT2D eigenvalue weighted by Gasteiger charge is 2.24. The molecule has 0 aromatic rings. The predicted molar refractivity (Wildman–Crippen MR) is 81.9 cm³/mol. The lowest BCUT2D eigenvalue weighted by Crippen LogP contribution is -2.53. The van der Waals surface area contributed by atoms with Gasteiger partial charge in [-0.15, -0.1) is 0 Å². The van der Waals surface area contributed by atoms with Gasteiger partial charge in [-0.1, -0.05) is 0 Å². The molecule has 3 atom stereocenters. The van der Waals surface area contributed by atoms with Crippen LogP contribution < -0.4 is 22.1 Å². The van der Waals surface area contributed by atoms with Crippen LogP contribution in [0.3, 0.4) is 0 Å². The lowest BCUT2D eigenvalue weighted by Gasteiger charge is -2.19. The summed E-state index contributed by atoms with van der Waals surface area (Å²) in [6.07, 6.45) is 1.57. The van der Waals surface area contributed by atoms with Gasteiger partial charge in [0.1, 0.15) is 12.1 Å². The van der Waals surface area contributed by atoms with E-state index in [-0.39, 0.29) is 12.2 Å². The fourth-order valence-electron chi connectivity index (χ4n) is 1.52. The molecule has 0 aliphatic heterocycles. The highest BCUT2D eigenvalue weighted by atomic mass is 32.1. The Hall–Kier alpha value is -1.32. The number of carbonyl (C=O) groups is 3. The SMILES string of the molecule is C[C@H](NC(=O)[C@@H](N)CS)C(=O)N[C@@H](CCCCN)C(=O)O. The van der Waals surface area contributed by atoms with Crippen molar-refractivity contribution in [2.75, 3.05) is 12.3 Å². The molecule has 0 heterocycles. The van der Waals surface area contributed by atoms with Gasteiger partial charge in [0, 0.05) is 5.75 Å². The fourth-order valence-corrected chi connectivity index (χ4v) is 1.68. The second kappa shape index (κ2) is 10.4. The molecule has 0 rings (SSSR count). The first kappa shape index (κ1) is 19.7. The molecule has 8 nitrogen and oxygen atoms in total. The van der Waals surface area contributed by atoms with Crippen LogP contribution in [0.2, 0.25) is 0 Å². The number of carboxylic acid groups (broad SMARTS) is 1. The molecule has 9 heteroatoms. The van der Waals surface area contributed by atoms with E-state index < -0.39 is 35.9 Å². The third-order valence-corrected chi connectivity index (χ3v) is 3.24. The standard InChI is InChI=1S/C12H24N4O4S/c1-7(15-11(18)8(14)6-21)10(17)16-9(12(19)20)4-2-3-5-13/h7-9,21H,2-6,13-14H2,1H3,(H,15,18)(H,16,17)(H,19,20)/t7-,8-,9-/m0/s1. The Morgan fingerprint density at radius 2 is 1.81 bits per heavy atom. The first-order valence-corrected chi connectivity index (χ1v) is 7.36. The molecular weight excluding hydrogens is 296 g/mol. The topological polar surface area (TPSA) is 148 Å². The third kappa shape index (κ3) is 7.88. The van der Waals surface area contributed by atoms with Crippen molar-refractivity contribution >= 4 is 30.4 Å². The summed E-state index contributed by atoms with van der Waals surface area (Å²) in [5, 5.41) is 13.8. The van der Waals surface area contributed by atoms with Crippen LogP contribution in [0.4, 0.5) is 0 Å². The van der Waals surface area contributed by atoms with E-state index in [0.29, 0.717) is 19.4 Å². The van der Waals surface area contributed by atoms with Gasteiger partial charge in [0.05, 0.1) is 6.04 Å². The van der Waals surface area contributed by atoms with Crippen molar-refractivity contribution in [1.82, 2.24) is 10.6 Å². The highest BCUT2D eigenvalue weighted by molar-refractivity contribution is 7.80. The molecule has 0 aromatic carbocycles. The quantitative estimate of drug-likeness (QED) is 0.212. The van der Waals surface area contributed by atoms with Crippen molar-refractivity contribution in [3.8, 4) is 0 Å². The van der Waals surface area contributed by atoms with Gasteiger partial charge < -0.3 is 27.2 Å². The number of hydrogen-bond donors (Lipinski definition) is 6. The Labute approximate surface area is 129 Å². The van der Waals surface area contributed by atoms with E-state index in [1.807, 2.05) is 0 Å². The van der Waals surface area contributed by atoms with Crippen LogP contribution in [0.15, 0.2) is 0 Å². The maximum atomic E-state index is 11.9. The zero-order chi connectivity index (χ0) is 16.4. The molecule has 7 N–H and O–H groups in total. The molecule has 0 radical (unpaired) electrons. The maximum absolute atomic E-state index is 11.9. The molecule has 0 unspecified atom stereocenters. The zero-order valence-electron chi connectivity index (χ0n) is 12.0. The van der Waals surface area contributed by atoms with Crippen LogP contribution >= 0.6 is 12.6 Å². The van der Waals surface area contributed by atoms with Gasteiger partial charge in [0.25, 0.3) is 0 Å². The largest absolute Gasteiger partial charge is 0.480 e. The minimum atomic E-state index is -1.12. The van der Waals surface area contributed by atoms with Gasteiger partial charge in [-0.2, -0.15) is 12.6 Å². The Morgan fingerprint density at radius 3 is 2.29 bits per heavy atom. The predicted octanol–water partition coefficient (Wildman–Crippen LogP) is -1.55. The van der Waals surface area contributed by atoms with Gasteiger partial charge in [0.15, 0.2) is 0 Å². The molecule has 0 saturated heterocycles. The minimum Gasteiger partial charge on any atom is -0.480 e. The Balaban J connectivity index is 4.40. The van der Waals surface area contributed by atoms with E-state index in [4.69, 9.17) is 16.6 Å². The monoisotopic (exact) mass is 320 g/mol. The molecule has 0 aromatic heterocycles. The van der Waals surface area contributed by atoms with Gasteiger partial charge in [-0.05, 0) is 32.7 Å². The van der Waals surface area contributed by atoms with Crippen LogP contribution in [0.5, 0.6) is 0 Å². The average molecular weight is 320 g/mol. The van der Waals surface area contributed by atoms with Gasteiger partial charge >= 0.3 is 5.97 Å². The van der Waals surface area contributed by atoms with Crippen molar-refractivity contribution in [3.05, 3.63) is 0 Å². The summed E-state index contributed by atoms with van der Waals surface area (Å²) in [7, 11) is 0. The number of nitrogens with two attached hydrogens (primary N) is 2. The van der Waals surface area contributed by atoms with Crippen LogP contribution in [-0.4, -0.2) is 53.3 Å². The lowest BCUT2D eigenvalue weighted by atomic mass is 10.1. The number of aliphatic carboxylic acids is 1. The van der Waals surface area contributed by atoms with Crippen LogP contribution in [0.1, 0.15) is 26.2 Å². The Kier molecular flexibility index (Phi) is 9.76. The van der Waals surface area contributed by atoms with Crippen molar-refractivity contribution in [1.29, 1.82) is 0 Å². The van der Waals surface area contributed by atoms with Gasteiger partial charge in [-0.25, -0.2) is 4.79 Å². The van der Waals surface area contributed by atoms with Crippen LogP contribution in [-0.2, 0) is 14.4 Å². The molecule has 0 saturated carbocycles. The van der Waals surface area contributed by atoms with E-state index >= 15 is 0 Å². The number of carbonyl (C=O) groups excluding carboxylic acids is 2. The summed E-state index contributed by atoms with van der Waals surface area (Å²) >= 11 is 3.88. The summed E-state index contributed by atoms with van der Waals surface area (Å²) in [4.78, 5) is 34.5. The molecule has 21 heavy (non-hydrogen) atoms. The van der Waals surface area contributed by atoms with E-state index in [9.17, 15) is 14.4 Å². The van der Waals surface area contributed by atoms with E-state index in [2.05, 4.69) is 23.3 Å². The fraction of sp³-hybridized carbons (Fsp3) is 0.750. The third-order valence-electron chi connectivity index (χ3n) is 2.85. The van der Waals surface area contributed by atoms with Crippen molar-refractivity contribution < 1.29 is 19.5 Å². The van der Waals surface area contributed by atoms with Gasteiger partial charge in [-0.3, -0.25) is 9.59 Å². The van der Waals surface area contributed by atoms with E-state index in [1.54, 1.807) is 0 Å². The summed E-state index contributed by atoms with van der Waals surface area (Å²) in [5.41, 5.74) is 10.8. The summed E-state index contributed by atoms with van der Waals surface area (Å²) in [5.74, 6) is -2.06. The lowest BCUT2D eigenvalue weighted by molar-refractivity contribution is -0.142. The second-order valence-corrected chi connectivity index (χ2v) is 5.07. The molecule has 2 amide bonds. The van der Waals surface area contributed by atoms with Crippen LogP contribution in [0.25, 0.3) is 0 Å². The molecule has 0 fully saturated rings. The Bertz CT molecular complexity index is 367. The molecule has 0 spiro atoms. The van der Waals surface area contributed by atoms with Crippen LogP contribution in [0, 0.1) is 0 Å². The highest BCUT2D eigenvalue weighted by Crippen LogP contribution is 2.01. The zero-order valence-corrected chi connectivity index (χ0v) is 12.9. The minimum absolute atomic E-state index is 0.150. The summed E-state index contributed by atoms with van der Waals surface area (Å²) < 4.78 is 0. The molecule has 0 aliphatic rings. The summed E-state index contributed by atoms with van der Waals surface area (Å²) in [6, 6.07) is -2.69. The average Bonchev–Trinajstić information content (AvgIpc) is 2.44. The summed E-state index contributed by atoms with van der Waals surface area (Å²) in [6.45, 7) is 1.92. The number of rotatable bonds is 10. The first-order chi connectivity index (χ1) is 9.83. The smallest absolute Gasteiger partial charge is 0.326 e. The molecule has 122 valence electrons. The maximum Gasteiger partial charge on any atom is 0.326 e. The molecule has 0 bridgehead atoms. The number of thiol groups is 1. The first-order valence-electron chi connectivity index (χ1n) is 6.73.